The van der Waals surface area contributed by atoms with Crippen LogP contribution in [-0.4, -0.2) is 23.5 Å². The molecule has 2 rings (SSSR count). The second kappa shape index (κ2) is 4.11. The number of carbonyl (C=O) groups is 1. The Morgan fingerprint density at radius 2 is 2.33 bits per heavy atom. The van der Waals surface area contributed by atoms with Gasteiger partial charge in [-0.05, 0) is 31.4 Å². The van der Waals surface area contributed by atoms with E-state index in [4.69, 9.17) is 4.74 Å². The topological polar surface area (TPSA) is 39.2 Å². The van der Waals surface area contributed by atoms with Crippen molar-refractivity contribution in [3.05, 3.63) is 29.6 Å². The maximum Gasteiger partial charge on any atom is 0.193 e. The van der Waals surface area contributed by atoms with Crippen LogP contribution in [-0.2, 0) is 4.74 Å². The van der Waals surface area contributed by atoms with Crippen molar-refractivity contribution in [1.29, 1.82) is 0 Å². The number of ketones is 1. The Kier molecular flexibility index (Phi) is 2.82. The Balaban J connectivity index is 2.17. The molecular weight excluding hydrogens is 190 g/mol. The fraction of sp³-hybridized carbons (Fsp3) is 0.500. The van der Waals surface area contributed by atoms with Gasteiger partial charge in [0.2, 0.25) is 0 Å². The summed E-state index contributed by atoms with van der Waals surface area (Å²) in [5.41, 5.74) is 1.58. The third-order valence-electron chi connectivity index (χ3n) is 2.84. The summed E-state index contributed by atoms with van der Waals surface area (Å²) in [5, 5.41) is 0. The zero-order valence-electron chi connectivity index (χ0n) is 9.06. The largest absolute Gasteiger partial charge is 0.370 e. The van der Waals surface area contributed by atoms with E-state index in [0.29, 0.717) is 18.1 Å². The first-order chi connectivity index (χ1) is 7.18. The van der Waals surface area contributed by atoms with Crippen LogP contribution >= 0.6 is 0 Å². The highest BCUT2D eigenvalue weighted by Crippen LogP contribution is 2.23. The van der Waals surface area contributed by atoms with Crippen LogP contribution in [0.5, 0.6) is 0 Å². The van der Waals surface area contributed by atoms with Crippen molar-refractivity contribution in [1.82, 2.24) is 4.98 Å². The van der Waals surface area contributed by atoms with Gasteiger partial charge >= 0.3 is 0 Å². The van der Waals surface area contributed by atoms with Crippen molar-refractivity contribution in [2.45, 2.75) is 26.4 Å². The molecule has 2 heterocycles. The van der Waals surface area contributed by atoms with E-state index < -0.39 is 0 Å². The normalized spacial score (nSPS) is 25.5. The molecule has 1 aromatic heterocycles. The van der Waals surface area contributed by atoms with Gasteiger partial charge in [-0.1, -0.05) is 6.92 Å². The minimum absolute atomic E-state index is 0.0625. The summed E-state index contributed by atoms with van der Waals surface area (Å²) in [6, 6.07) is 3.67. The number of hydrogen-bond donors (Lipinski definition) is 0. The maximum atomic E-state index is 12.0. The number of carbonyl (C=O) groups excluding carboxylic acids is 1. The van der Waals surface area contributed by atoms with Crippen molar-refractivity contribution >= 4 is 5.78 Å². The van der Waals surface area contributed by atoms with Crippen molar-refractivity contribution in [3.63, 3.8) is 0 Å². The molecule has 1 aromatic rings. The molecule has 3 heteroatoms. The molecule has 0 spiro atoms. The lowest BCUT2D eigenvalue weighted by molar-refractivity contribution is 0.0579. The summed E-state index contributed by atoms with van der Waals surface area (Å²) in [6.45, 7) is 4.65. The lowest BCUT2D eigenvalue weighted by atomic mass is 9.97. The minimum atomic E-state index is -0.269. The van der Waals surface area contributed by atoms with Gasteiger partial charge in [0.25, 0.3) is 0 Å². The average molecular weight is 205 g/mol. The summed E-state index contributed by atoms with van der Waals surface area (Å²) in [6.07, 6.45) is 2.33. The minimum Gasteiger partial charge on any atom is -0.370 e. The fourth-order valence-electron chi connectivity index (χ4n) is 1.81. The van der Waals surface area contributed by atoms with E-state index in [-0.39, 0.29) is 11.9 Å². The van der Waals surface area contributed by atoms with Crippen LogP contribution in [0.25, 0.3) is 0 Å². The fourth-order valence-corrected chi connectivity index (χ4v) is 1.81. The van der Waals surface area contributed by atoms with Gasteiger partial charge in [-0.25, -0.2) is 0 Å². The molecule has 0 aromatic carbocycles. The zero-order chi connectivity index (χ0) is 10.8. The van der Waals surface area contributed by atoms with E-state index in [1.54, 1.807) is 6.20 Å². The van der Waals surface area contributed by atoms with Crippen molar-refractivity contribution < 1.29 is 9.53 Å². The SMILES string of the molecule is Cc1ccc(C(=O)C2OCCC2C)cn1. The Hall–Kier alpha value is -1.22. The third kappa shape index (κ3) is 2.07. The van der Waals surface area contributed by atoms with Crippen molar-refractivity contribution in [2.24, 2.45) is 5.92 Å². The van der Waals surface area contributed by atoms with E-state index >= 15 is 0 Å². The summed E-state index contributed by atoms with van der Waals surface area (Å²) in [4.78, 5) is 16.1. The summed E-state index contributed by atoms with van der Waals surface area (Å²) in [7, 11) is 0. The molecule has 0 N–H and O–H groups in total. The van der Waals surface area contributed by atoms with Gasteiger partial charge in [-0.2, -0.15) is 0 Å². The Morgan fingerprint density at radius 3 is 2.87 bits per heavy atom. The Labute approximate surface area is 89.5 Å². The summed E-state index contributed by atoms with van der Waals surface area (Å²) >= 11 is 0. The molecule has 80 valence electrons. The highest BCUT2D eigenvalue weighted by atomic mass is 16.5. The first kappa shape index (κ1) is 10.3. The standard InChI is InChI=1S/C12H15NO2/c1-8-5-6-15-12(8)11(14)10-4-3-9(2)13-7-10/h3-4,7-8,12H,5-6H2,1-2H3. The van der Waals surface area contributed by atoms with Crippen LogP contribution in [0.3, 0.4) is 0 Å². The number of nitrogens with zero attached hydrogens (tertiary/aromatic N) is 1. The van der Waals surface area contributed by atoms with E-state index in [2.05, 4.69) is 11.9 Å². The summed E-state index contributed by atoms with van der Waals surface area (Å²) in [5.74, 6) is 0.381. The molecular formula is C12H15NO2. The first-order valence-corrected chi connectivity index (χ1v) is 5.27. The molecule has 0 saturated carbocycles. The lowest BCUT2D eigenvalue weighted by Gasteiger charge is -2.12. The summed E-state index contributed by atoms with van der Waals surface area (Å²) < 4.78 is 5.43. The Bertz CT molecular complexity index is 358. The number of ether oxygens (including phenoxy) is 1. The predicted molar refractivity (Wildman–Crippen MR) is 56.8 cm³/mol. The van der Waals surface area contributed by atoms with E-state index in [9.17, 15) is 4.79 Å². The lowest BCUT2D eigenvalue weighted by Crippen LogP contribution is -2.25. The highest BCUT2D eigenvalue weighted by molar-refractivity contribution is 5.99. The number of hydrogen-bond acceptors (Lipinski definition) is 3. The molecule has 0 radical (unpaired) electrons. The highest BCUT2D eigenvalue weighted by Gasteiger charge is 2.31. The second-order valence-electron chi connectivity index (χ2n) is 4.11. The van der Waals surface area contributed by atoms with Crippen molar-refractivity contribution in [3.8, 4) is 0 Å². The molecule has 0 amide bonds. The average Bonchev–Trinajstić information content (AvgIpc) is 2.65. The first-order valence-electron chi connectivity index (χ1n) is 5.27. The molecule has 1 fully saturated rings. The van der Waals surface area contributed by atoms with Gasteiger partial charge in [0, 0.05) is 24.1 Å². The zero-order valence-corrected chi connectivity index (χ0v) is 9.06. The molecule has 0 aliphatic carbocycles. The molecule has 3 nitrogen and oxygen atoms in total. The second-order valence-corrected chi connectivity index (χ2v) is 4.11. The molecule has 15 heavy (non-hydrogen) atoms. The van der Waals surface area contributed by atoms with Crippen LogP contribution in [0.4, 0.5) is 0 Å². The molecule has 1 aliphatic rings. The third-order valence-corrected chi connectivity index (χ3v) is 2.84. The number of Topliss-reactive ketones (excluding diaryl/α,β-unsaturated/α-hetero) is 1. The number of rotatable bonds is 2. The predicted octanol–water partition coefficient (Wildman–Crippen LogP) is 2.00. The van der Waals surface area contributed by atoms with Crippen LogP contribution < -0.4 is 0 Å². The number of aryl methyl sites for hydroxylation is 1. The van der Waals surface area contributed by atoms with E-state index in [1.807, 2.05) is 19.1 Å². The van der Waals surface area contributed by atoms with Crippen LogP contribution in [0, 0.1) is 12.8 Å². The van der Waals surface area contributed by atoms with Gasteiger partial charge in [-0.15, -0.1) is 0 Å². The Morgan fingerprint density at radius 1 is 1.53 bits per heavy atom. The molecule has 2 unspecified atom stereocenters. The molecule has 0 bridgehead atoms. The van der Waals surface area contributed by atoms with E-state index in [0.717, 1.165) is 12.1 Å². The molecule has 2 atom stereocenters. The molecule has 1 saturated heterocycles. The van der Waals surface area contributed by atoms with E-state index in [1.165, 1.54) is 0 Å². The van der Waals surface area contributed by atoms with Gasteiger partial charge in [-0.3, -0.25) is 9.78 Å². The van der Waals surface area contributed by atoms with Gasteiger partial charge < -0.3 is 4.74 Å². The monoisotopic (exact) mass is 205 g/mol. The smallest absolute Gasteiger partial charge is 0.193 e. The number of aromatic nitrogens is 1. The van der Waals surface area contributed by atoms with Gasteiger partial charge in [0.05, 0.1) is 0 Å². The van der Waals surface area contributed by atoms with Crippen LogP contribution in [0.1, 0.15) is 29.4 Å². The van der Waals surface area contributed by atoms with Crippen molar-refractivity contribution in [2.75, 3.05) is 6.61 Å². The quantitative estimate of drug-likeness (QED) is 0.693. The van der Waals surface area contributed by atoms with Crippen LogP contribution in [0.15, 0.2) is 18.3 Å². The van der Waals surface area contributed by atoms with Gasteiger partial charge in [0.1, 0.15) is 6.10 Å². The maximum absolute atomic E-state index is 12.0. The molecule has 1 aliphatic heterocycles. The number of pyridine rings is 1. The van der Waals surface area contributed by atoms with Crippen LogP contribution in [0.2, 0.25) is 0 Å². The van der Waals surface area contributed by atoms with Gasteiger partial charge in [0.15, 0.2) is 5.78 Å².